The smallest absolute Gasteiger partial charge is 0.257 e. The zero-order valence-corrected chi connectivity index (χ0v) is 15.3. The Bertz CT molecular complexity index is 880. The summed E-state index contributed by atoms with van der Waals surface area (Å²) in [6.07, 6.45) is 0. The lowest BCUT2D eigenvalue weighted by atomic mass is 10.2. The minimum Gasteiger partial charge on any atom is -0.495 e. The molecule has 0 aliphatic heterocycles. The average molecular weight is 357 g/mol. The average Bonchev–Trinajstić information content (AvgIpc) is 3.04. The Morgan fingerprint density at radius 2 is 1.84 bits per heavy atom. The number of nitrogens with zero attached hydrogens (tertiary/aromatic N) is 2. The first-order valence-electron chi connectivity index (χ1n) is 7.63. The maximum Gasteiger partial charge on any atom is 0.257 e. The quantitative estimate of drug-likeness (QED) is 0.755. The lowest BCUT2D eigenvalue weighted by Gasteiger charge is -2.13. The molecular formula is C18H19N3O3S. The zero-order chi connectivity index (χ0) is 18.0. The minimum atomic E-state index is -0.208. The molecule has 0 bridgehead atoms. The van der Waals surface area contributed by atoms with E-state index in [1.165, 1.54) is 11.3 Å². The molecule has 0 radical (unpaired) electrons. The van der Waals surface area contributed by atoms with Gasteiger partial charge in [0.1, 0.15) is 21.7 Å². The summed E-state index contributed by atoms with van der Waals surface area (Å²) in [7, 11) is 7.06. The summed E-state index contributed by atoms with van der Waals surface area (Å²) >= 11 is 1.35. The van der Waals surface area contributed by atoms with Crippen molar-refractivity contribution in [3.8, 4) is 11.5 Å². The fourth-order valence-corrected chi connectivity index (χ4v) is 3.40. The molecule has 130 valence electrons. The molecular weight excluding hydrogens is 338 g/mol. The van der Waals surface area contributed by atoms with E-state index in [0.29, 0.717) is 27.7 Å². The number of anilines is 2. The number of benzene rings is 2. The summed E-state index contributed by atoms with van der Waals surface area (Å²) in [6.45, 7) is 0. The molecule has 0 spiro atoms. The van der Waals surface area contributed by atoms with Crippen molar-refractivity contribution in [2.75, 3.05) is 38.5 Å². The molecule has 1 N–H and O–H groups in total. The van der Waals surface area contributed by atoms with Crippen molar-refractivity contribution in [2.24, 2.45) is 0 Å². The molecule has 3 aromatic rings. The second-order valence-corrected chi connectivity index (χ2v) is 6.56. The van der Waals surface area contributed by atoms with Crippen LogP contribution in [0.3, 0.4) is 0 Å². The van der Waals surface area contributed by atoms with Gasteiger partial charge in [-0.25, -0.2) is 4.98 Å². The van der Waals surface area contributed by atoms with Crippen LogP contribution in [0.15, 0.2) is 36.4 Å². The highest BCUT2D eigenvalue weighted by atomic mass is 32.1. The van der Waals surface area contributed by atoms with E-state index in [0.717, 1.165) is 10.4 Å². The maximum absolute atomic E-state index is 12.5. The van der Waals surface area contributed by atoms with E-state index in [2.05, 4.69) is 10.3 Å². The maximum atomic E-state index is 12.5. The van der Waals surface area contributed by atoms with Crippen molar-refractivity contribution < 1.29 is 14.3 Å². The Morgan fingerprint density at radius 1 is 1.12 bits per heavy atom. The molecule has 1 aromatic heterocycles. The number of hydrogen-bond acceptors (Lipinski definition) is 6. The number of hydrogen-bond donors (Lipinski definition) is 1. The van der Waals surface area contributed by atoms with Crippen LogP contribution in [-0.4, -0.2) is 39.2 Å². The standard InChI is InChI=1S/C18H19N3O3S/c1-21(2)12-7-5-6-11(10-12)17(22)20-18-19-15-13(23-3)8-9-14(24-4)16(15)25-18/h5-10H,1-4H3,(H,19,20,22). The number of fused-ring (bicyclic) bond motifs is 1. The van der Waals surface area contributed by atoms with Crippen LogP contribution >= 0.6 is 11.3 Å². The first kappa shape index (κ1) is 17.0. The molecule has 7 heteroatoms. The van der Waals surface area contributed by atoms with Gasteiger partial charge >= 0.3 is 0 Å². The summed E-state index contributed by atoms with van der Waals surface area (Å²) in [5, 5.41) is 3.35. The molecule has 0 aliphatic carbocycles. The molecule has 6 nitrogen and oxygen atoms in total. The minimum absolute atomic E-state index is 0.208. The summed E-state index contributed by atoms with van der Waals surface area (Å²) in [6, 6.07) is 11.0. The van der Waals surface area contributed by atoms with E-state index in [1.807, 2.05) is 43.3 Å². The van der Waals surface area contributed by atoms with Gasteiger partial charge in [-0.2, -0.15) is 0 Å². The second kappa shape index (κ2) is 6.98. The fourth-order valence-electron chi connectivity index (χ4n) is 2.43. The van der Waals surface area contributed by atoms with Crippen LogP contribution < -0.4 is 19.7 Å². The molecule has 0 unspecified atom stereocenters. The van der Waals surface area contributed by atoms with Crippen LogP contribution in [0.25, 0.3) is 10.2 Å². The number of carbonyl (C=O) groups is 1. The van der Waals surface area contributed by atoms with E-state index in [1.54, 1.807) is 26.4 Å². The zero-order valence-electron chi connectivity index (χ0n) is 14.5. The second-order valence-electron chi connectivity index (χ2n) is 5.57. The summed E-state index contributed by atoms with van der Waals surface area (Å²) < 4.78 is 11.5. The topological polar surface area (TPSA) is 63.7 Å². The van der Waals surface area contributed by atoms with Crippen LogP contribution in [0.1, 0.15) is 10.4 Å². The summed E-state index contributed by atoms with van der Waals surface area (Å²) in [4.78, 5) is 19.0. The number of rotatable bonds is 5. The van der Waals surface area contributed by atoms with E-state index in [-0.39, 0.29) is 5.91 Å². The van der Waals surface area contributed by atoms with Gasteiger partial charge in [-0.1, -0.05) is 17.4 Å². The number of ether oxygens (including phenoxy) is 2. The lowest BCUT2D eigenvalue weighted by molar-refractivity contribution is 0.102. The first-order chi connectivity index (χ1) is 12.0. The normalized spacial score (nSPS) is 10.6. The van der Waals surface area contributed by atoms with Crippen LogP contribution in [0.4, 0.5) is 10.8 Å². The molecule has 0 aliphatic rings. The van der Waals surface area contributed by atoms with Gasteiger partial charge in [0, 0.05) is 25.3 Å². The highest BCUT2D eigenvalue weighted by molar-refractivity contribution is 7.22. The first-order valence-corrected chi connectivity index (χ1v) is 8.45. The van der Waals surface area contributed by atoms with Gasteiger partial charge in [0.15, 0.2) is 5.13 Å². The predicted octanol–water partition coefficient (Wildman–Crippen LogP) is 3.63. The highest BCUT2D eigenvalue weighted by Crippen LogP contribution is 2.38. The number of methoxy groups -OCH3 is 2. The third kappa shape index (κ3) is 3.36. The fraction of sp³-hybridized carbons (Fsp3) is 0.222. The molecule has 0 saturated carbocycles. The van der Waals surface area contributed by atoms with E-state index in [9.17, 15) is 4.79 Å². The van der Waals surface area contributed by atoms with Crippen LogP contribution in [0.2, 0.25) is 0 Å². The Labute approximate surface area is 150 Å². The summed E-state index contributed by atoms with van der Waals surface area (Å²) in [5.41, 5.74) is 2.20. The number of thiazole rings is 1. The van der Waals surface area contributed by atoms with Crippen LogP contribution in [0, 0.1) is 0 Å². The van der Waals surface area contributed by atoms with E-state index < -0.39 is 0 Å². The number of nitrogens with one attached hydrogen (secondary N) is 1. The van der Waals surface area contributed by atoms with Gasteiger partial charge in [0.25, 0.3) is 5.91 Å². The SMILES string of the molecule is COc1ccc(OC)c2sc(NC(=O)c3cccc(N(C)C)c3)nc12. The van der Waals surface area contributed by atoms with E-state index >= 15 is 0 Å². The molecule has 0 atom stereocenters. The molecule has 25 heavy (non-hydrogen) atoms. The molecule has 2 aromatic carbocycles. The van der Waals surface area contributed by atoms with Crippen LogP contribution in [0.5, 0.6) is 11.5 Å². The van der Waals surface area contributed by atoms with Gasteiger partial charge in [-0.15, -0.1) is 0 Å². The van der Waals surface area contributed by atoms with Gasteiger partial charge in [-0.3, -0.25) is 10.1 Å². The van der Waals surface area contributed by atoms with Gasteiger partial charge in [0.05, 0.1) is 14.2 Å². The highest BCUT2D eigenvalue weighted by Gasteiger charge is 2.16. The molecule has 0 saturated heterocycles. The van der Waals surface area contributed by atoms with Crippen molar-refractivity contribution >= 4 is 38.3 Å². The monoisotopic (exact) mass is 357 g/mol. The molecule has 1 heterocycles. The molecule has 3 rings (SSSR count). The molecule has 1 amide bonds. The third-order valence-electron chi connectivity index (χ3n) is 3.76. The molecule has 0 fully saturated rings. The van der Waals surface area contributed by atoms with Crippen molar-refractivity contribution in [2.45, 2.75) is 0 Å². The lowest BCUT2D eigenvalue weighted by Crippen LogP contribution is -2.14. The Hall–Kier alpha value is -2.80. The van der Waals surface area contributed by atoms with Gasteiger partial charge in [0.2, 0.25) is 0 Å². The Balaban J connectivity index is 1.92. The van der Waals surface area contributed by atoms with Crippen molar-refractivity contribution in [3.63, 3.8) is 0 Å². The Kier molecular flexibility index (Phi) is 4.76. The van der Waals surface area contributed by atoms with E-state index in [4.69, 9.17) is 9.47 Å². The van der Waals surface area contributed by atoms with Gasteiger partial charge < -0.3 is 14.4 Å². The number of carbonyl (C=O) groups excluding carboxylic acids is 1. The number of aromatic nitrogens is 1. The van der Waals surface area contributed by atoms with Crippen molar-refractivity contribution in [1.82, 2.24) is 4.98 Å². The van der Waals surface area contributed by atoms with Crippen molar-refractivity contribution in [1.29, 1.82) is 0 Å². The number of amides is 1. The van der Waals surface area contributed by atoms with Crippen molar-refractivity contribution in [3.05, 3.63) is 42.0 Å². The Morgan fingerprint density at radius 3 is 2.52 bits per heavy atom. The predicted molar refractivity (Wildman–Crippen MR) is 101 cm³/mol. The van der Waals surface area contributed by atoms with Gasteiger partial charge in [-0.05, 0) is 30.3 Å². The summed E-state index contributed by atoms with van der Waals surface area (Å²) in [5.74, 6) is 1.13. The third-order valence-corrected chi connectivity index (χ3v) is 4.74. The van der Waals surface area contributed by atoms with Crippen LogP contribution in [-0.2, 0) is 0 Å². The largest absolute Gasteiger partial charge is 0.495 e.